The van der Waals surface area contributed by atoms with E-state index in [9.17, 15) is 22.4 Å². The first-order valence-electron chi connectivity index (χ1n) is 8.13. The standard InChI is InChI=1S/C19H19F4NO2/c1-24-18(25)14-6-8-15(9-7-14)26-17-10-5-13(12-16(17)20)4-2-3-11-19(21,22)23/h5-10,12H,2-4,11H2,1H3,(H,24,25). The summed E-state index contributed by atoms with van der Waals surface area (Å²) in [5.41, 5.74) is 1.07. The van der Waals surface area contributed by atoms with Crippen molar-refractivity contribution in [1.29, 1.82) is 0 Å². The second-order valence-electron chi connectivity index (χ2n) is 5.79. The Labute approximate surface area is 149 Å². The van der Waals surface area contributed by atoms with Crippen LogP contribution in [-0.2, 0) is 6.42 Å². The number of unbranched alkanes of at least 4 members (excludes halogenated alkanes) is 1. The topological polar surface area (TPSA) is 38.3 Å². The lowest BCUT2D eigenvalue weighted by molar-refractivity contribution is -0.135. The van der Waals surface area contributed by atoms with Gasteiger partial charge in [0.25, 0.3) is 5.91 Å². The van der Waals surface area contributed by atoms with Gasteiger partial charge in [-0.2, -0.15) is 13.2 Å². The van der Waals surface area contributed by atoms with E-state index in [1.165, 1.54) is 19.2 Å². The molecule has 0 fully saturated rings. The average Bonchev–Trinajstić information content (AvgIpc) is 2.60. The number of amides is 1. The predicted octanol–water partition coefficient (Wildman–Crippen LogP) is 5.25. The minimum atomic E-state index is -4.16. The number of halogens is 4. The zero-order valence-corrected chi connectivity index (χ0v) is 14.2. The second-order valence-corrected chi connectivity index (χ2v) is 5.79. The van der Waals surface area contributed by atoms with Crippen molar-refractivity contribution >= 4 is 5.91 Å². The second kappa shape index (κ2) is 8.69. The summed E-state index contributed by atoms with van der Waals surface area (Å²) >= 11 is 0. The maximum Gasteiger partial charge on any atom is 0.389 e. The first kappa shape index (κ1) is 19.8. The van der Waals surface area contributed by atoms with Crippen LogP contribution in [-0.4, -0.2) is 19.1 Å². The van der Waals surface area contributed by atoms with Crippen molar-refractivity contribution in [3.05, 3.63) is 59.4 Å². The molecule has 0 saturated heterocycles. The molecule has 0 bridgehead atoms. The van der Waals surface area contributed by atoms with Gasteiger partial charge < -0.3 is 10.1 Å². The lowest BCUT2D eigenvalue weighted by Gasteiger charge is -2.09. The fourth-order valence-corrected chi connectivity index (χ4v) is 2.38. The van der Waals surface area contributed by atoms with E-state index in [-0.39, 0.29) is 18.1 Å². The fourth-order valence-electron chi connectivity index (χ4n) is 2.38. The largest absolute Gasteiger partial charge is 0.454 e. The van der Waals surface area contributed by atoms with Gasteiger partial charge in [0.15, 0.2) is 11.6 Å². The molecule has 0 aliphatic rings. The van der Waals surface area contributed by atoms with Crippen LogP contribution in [0.25, 0.3) is 0 Å². The Morgan fingerprint density at radius 2 is 1.77 bits per heavy atom. The summed E-state index contributed by atoms with van der Waals surface area (Å²) in [6, 6.07) is 10.6. The Morgan fingerprint density at radius 1 is 1.08 bits per heavy atom. The number of ether oxygens (including phenoxy) is 1. The molecule has 1 N–H and O–H groups in total. The van der Waals surface area contributed by atoms with Gasteiger partial charge in [-0.25, -0.2) is 4.39 Å². The predicted molar refractivity (Wildman–Crippen MR) is 89.9 cm³/mol. The number of rotatable bonds is 7. The molecule has 0 saturated carbocycles. The lowest BCUT2D eigenvalue weighted by Crippen LogP contribution is -2.17. The smallest absolute Gasteiger partial charge is 0.389 e. The molecule has 0 aliphatic heterocycles. The third-order valence-electron chi connectivity index (χ3n) is 3.74. The van der Waals surface area contributed by atoms with Gasteiger partial charge >= 0.3 is 6.18 Å². The third kappa shape index (κ3) is 6.06. The van der Waals surface area contributed by atoms with Crippen LogP contribution in [0.4, 0.5) is 17.6 Å². The molecule has 26 heavy (non-hydrogen) atoms. The summed E-state index contributed by atoms with van der Waals surface area (Å²) < 4.78 is 55.9. The van der Waals surface area contributed by atoms with Crippen LogP contribution in [0.5, 0.6) is 11.5 Å². The zero-order valence-electron chi connectivity index (χ0n) is 14.2. The SMILES string of the molecule is CNC(=O)c1ccc(Oc2ccc(CCCCC(F)(F)F)cc2F)cc1. The van der Waals surface area contributed by atoms with Crippen LogP contribution in [0, 0.1) is 5.82 Å². The van der Waals surface area contributed by atoms with Crippen molar-refractivity contribution in [2.24, 2.45) is 0 Å². The van der Waals surface area contributed by atoms with Crippen LogP contribution in [0.3, 0.4) is 0 Å². The summed E-state index contributed by atoms with van der Waals surface area (Å²) in [6.07, 6.45) is -4.27. The van der Waals surface area contributed by atoms with Gasteiger partial charge in [0.1, 0.15) is 5.75 Å². The number of benzene rings is 2. The molecule has 0 radical (unpaired) electrons. The van der Waals surface area contributed by atoms with Crippen LogP contribution in [0.2, 0.25) is 0 Å². The molecule has 2 aromatic carbocycles. The number of aryl methyl sites for hydroxylation is 1. The van der Waals surface area contributed by atoms with E-state index in [0.717, 1.165) is 0 Å². The first-order chi connectivity index (χ1) is 12.3. The molecule has 0 aliphatic carbocycles. The number of carbonyl (C=O) groups excluding carboxylic acids is 1. The summed E-state index contributed by atoms with van der Waals surface area (Å²) in [5.74, 6) is -0.447. The number of alkyl halides is 3. The molecule has 0 atom stereocenters. The summed E-state index contributed by atoms with van der Waals surface area (Å²) in [5, 5.41) is 2.49. The lowest BCUT2D eigenvalue weighted by atomic mass is 10.1. The molecule has 140 valence electrons. The van der Waals surface area contributed by atoms with Gasteiger partial charge in [0.05, 0.1) is 0 Å². The normalized spacial score (nSPS) is 11.3. The van der Waals surface area contributed by atoms with Crippen molar-refractivity contribution in [1.82, 2.24) is 5.32 Å². The van der Waals surface area contributed by atoms with Gasteiger partial charge in [0, 0.05) is 19.0 Å². The monoisotopic (exact) mass is 369 g/mol. The van der Waals surface area contributed by atoms with Crippen LogP contribution in [0.15, 0.2) is 42.5 Å². The highest BCUT2D eigenvalue weighted by molar-refractivity contribution is 5.94. The van der Waals surface area contributed by atoms with Crippen LogP contribution in [0.1, 0.15) is 35.2 Å². The first-order valence-corrected chi connectivity index (χ1v) is 8.13. The number of hydrogen-bond donors (Lipinski definition) is 1. The molecule has 2 aromatic rings. The molecule has 0 aromatic heterocycles. The van der Waals surface area contributed by atoms with E-state index in [0.29, 0.717) is 29.7 Å². The minimum Gasteiger partial charge on any atom is -0.454 e. The minimum absolute atomic E-state index is 0.0109. The third-order valence-corrected chi connectivity index (χ3v) is 3.74. The molecular formula is C19H19F4NO2. The zero-order chi connectivity index (χ0) is 19.2. The molecular weight excluding hydrogens is 350 g/mol. The highest BCUT2D eigenvalue weighted by atomic mass is 19.4. The van der Waals surface area contributed by atoms with Crippen LogP contribution < -0.4 is 10.1 Å². The van der Waals surface area contributed by atoms with Crippen molar-refractivity contribution in [2.75, 3.05) is 7.05 Å². The van der Waals surface area contributed by atoms with E-state index in [1.54, 1.807) is 30.3 Å². The number of hydrogen-bond acceptors (Lipinski definition) is 2. The van der Waals surface area contributed by atoms with E-state index in [4.69, 9.17) is 4.74 Å². The van der Waals surface area contributed by atoms with E-state index >= 15 is 0 Å². The van der Waals surface area contributed by atoms with Gasteiger partial charge in [-0.1, -0.05) is 6.07 Å². The number of carbonyl (C=O) groups is 1. The van der Waals surface area contributed by atoms with Gasteiger partial charge in [-0.3, -0.25) is 4.79 Å². The van der Waals surface area contributed by atoms with Crippen LogP contribution >= 0.6 is 0 Å². The molecule has 0 spiro atoms. The molecule has 2 rings (SSSR count). The Hall–Kier alpha value is -2.57. The Kier molecular flexibility index (Phi) is 6.60. The fraction of sp³-hybridized carbons (Fsp3) is 0.316. The van der Waals surface area contributed by atoms with Crippen molar-refractivity contribution < 1.29 is 27.1 Å². The summed E-state index contributed by atoms with van der Waals surface area (Å²) in [6.45, 7) is 0. The van der Waals surface area contributed by atoms with Crippen molar-refractivity contribution in [3.63, 3.8) is 0 Å². The summed E-state index contributed by atoms with van der Waals surface area (Å²) in [7, 11) is 1.52. The van der Waals surface area contributed by atoms with E-state index in [1.807, 2.05) is 0 Å². The van der Waals surface area contributed by atoms with Gasteiger partial charge in [-0.05, 0) is 61.2 Å². The molecule has 0 heterocycles. The highest BCUT2D eigenvalue weighted by Crippen LogP contribution is 2.27. The van der Waals surface area contributed by atoms with Gasteiger partial charge in [-0.15, -0.1) is 0 Å². The van der Waals surface area contributed by atoms with E-state index < -0.39 is 18.4 Å². The molecule has 0 unspecified atom stereocenters. The maximum atomic E-state index is 14.1. The Bertz CT molecular complexity index is 742. The quantitative estimate of drug-likeness (QED) is 0.535. The van der Waals surface area contributed by atoms with Crippen molar-refractivity contribution in [2.45, 2.75) is 31.9 Å². The Balaban J connectivity index is 1.93. The van der Waals surface area contributed by atoms with Gasteiger partial charge in [0.2, 0.25) is 0 Å². The molecule has 7 heteroatoms. The molecule has 1 amide bonds. The maximum absolute atomic E-state index is 14.1. The van der Waals surface area contributed by atoms with E-state index in [2.05, 4.69) is 5.32 Å². The summed E-state index contributed by atoms with van der Waals surface area (Å²) in [4.78, 5) is 11.5. The van der Waals surface area contributed by atoms with Crippen molar-refractivity contribution in [3.8, 4) is 11.5 Å². The average molecular weight is 369 g/mol. The highest BCUT2D eigenvalue weighted by Gasteiger charge is 2.25. The number of nitrogens with one attached hydrogen (secondary N) is 1. The Morgan fingerprint density at radius 3 is 2.35 bits per heavy atom. The molecule has 3 nitrogen and oxygen atoms in total.